The number of carbonyl (C=O) groups is 2. The number of hydroxylamine groups is 1. The predicted octanol–water partition coefficient (Wildman–Crippen LogP) is 2.28. The van der Waals surface area contributed by atoms with Gasteiger partial charge in [-0.25, -0.2) is 23.0 Å². The first-order valence-electron chi connectivity index (χ1n) is 13.1. The van der Waals surface area contributed by atoms with Crippen LogP contribution >= 0.6 is 0 Å². The number of nitrogens with one attached hydrogen (secondary N) is 1. The second-order valence-electron chi connectivity index (χ2n) is 10.5. The third-order valence-corrected chi connectivity index (χ3v) is 10.2. The van der Waals surface area contributed by atoms with Crippen LogP contribution in [0, 0.1) is 23.7 Å². The van der Waals surface area contributed by atoms with E-state index >= 15 is 0 Å². The van der Waals surface area contributed by atoms with Gasteiger partial charge in [0.25, 0.3) is 5.91 Å². The predicted molar refractivity (Wildman–Crippen MR) is 137 cm³/mol. The van der Waals surface area contributed by atoms with Crippen LogP contribution in [0.1, 0.15) is 61.1 Å². The molecule has 3 heterocycles. The van der Waals surface area contributed by atoms with E-state index < -0.39 is 33.2 Å². The molecule has 2 N–H and O–H groups in total. The van der Waals surface area contributed by atoms with Gasteiger partial charge >= 0.3 is 6.09 Å². The summed E-state index contributed by atoms with van der Waals surface area (Å²) in [7, 11) is -3.81. The molecule has 38 heavy (non-hydrogen) atoms. The van der Waals surface area contributed by atoms with Crippen molar-refractivity contribution in [2.24, 2.45) is 5.41 Å². The number of hydrogen-bond donors (Lipinski definition) is 2. The fraction of sp³-hybridized carbons (Fsp3) is 0.654. The molecule has 3 fully saturated rings. The number of nitrogens with zero attached hydrogens (tertiary/aromatic N) is 3. The Kier molecular flexibility index (Phi) is 8.92. The number of likely N-dealkylation sites (tertiary alicyclic amines) is 1. The standard InChI is InChI=1S/C26H36N4O7S/c1-19-16-20(17-27)2-3-23(19)21-4-10-30(11-5-21)38(34,35)18-26(24(31)28-33)8-12-29(13-9-26)25(32)37-22-6-14-36-15-7-22/h2-3,16,21-22,33H,4-15,18H2,1H3,(H,28,31). The van der Waals surface area contributed by atoms with E-state index in [0.717, 1.165) is 11.1 Å². The summed E-state index contributed by atoms with van der Waals surface area (Å²) in [5.74, 6) is -0.994. The second kappa shape index (κ2) is 12.0. The van der Waals surface area contributed by atoms with E-state index in [4.69, 9.17) is 14.7 Å². The molecule has 0 bridgehead atoms. The number of carbonyl (C=O) groups excluding carboxylic acids is 2. The molecule has 0 saturated carbocycles. The zero-order valence-corrected chi connectivity index (χ0v) is 22.5. The Hall–Kier alpha value is -2.72. The minimum absolute atomic E-state index is 0.0996. The first-order valence-corrected chi connectivity index (χ1v) is 14.7. The molecular formula is C26H36N4O7S. The van der Waals surface area contributed by atoms with Gasteiger partial charge in [0, 0.05) is 39.0 Å². The highest BCUT2D eigenvalue weighted by molar-refractivity contribution is 7.89. The van der Waals surface area contributed by atoms with E-state index in [1.54, 1.807) is 11.5 Å². The Morgan fingerprint density at radius 1 is 1.16 bits per heavy atom. The van der Waals surface area contributed by atoms with Crippen molar-refractivity contribution in [3.8, 4) is 6.07 Å². The molecule has 4 rings (SSSR count). The maximum Gasteiger partial charge on any atom is 0.410 e. The molecule has 0 unspecified atom stereocenters. The smallest absolute Gasteiger partial charge is 0.410 e. The first-order chi connectivity index (χ1) is 18.2. The van der Waals surface area contributed by atoms with Crippen molar-refractivity contribution in [2.45, 2.75) is 57.5 Å². The van der Waals surface area contributed by atoms with Crippen molar-refractivity contribution in [1.82, 2.24) is 14.7 Å². The number of ether oxygens (including phenoxy) is 2. The van der Waals surface area contributed by atoms with Crippen LogP contribution in [0.4, 0.5) is 4.79 Å². The van der Waals surface area contributed by atoms with Crippen molar-refractivity contribution >= 4 is 22.0 Å². The third kappa shape index (κ3) is 6.29. The molecule has 12 heteroatoms. The molecule has 1 aromatic rings. The highest BCUT2D eigenvalue weighted by Gasteiger charge is 2.47. The molecule has 0 atom stereocenters. The molecule has 0 aliphatic carbocycles. The molecule has 0 aromatic heterocycles. The van der Waals surface area contributed by atoms with E-state index in [-0.39, 0.29) is 38.0 Å². The summed E-state index contributed by atoms with van der Waals surface area (Å²) in [4.78, 5) is 26.9. The summed E-state index contributed by atoms with van der Waals surface area (Å²) >= 11 is 0. The molecule has 2 amide bonds. The van der Waals surface area contributed by atoms with Crippen molar-refractivity contribution < 1.29 is 32.7 Å². The molecule has 11 nitrogen and oxygen atoms in total. The van der Waals surface area contributed by atoms with Crippen LogP contribution in [0.5, 0.6) is 0 Å². The lowest BCUT2D eigenvalue weighted by molar-refractivity contribution is -0.141. The zero-order valence-electron chi connectivity index (χ0n) is 21.7. The minimum Gasteiger partial charge on any atom is -0.446 e. The number of benzene rings is 1. The molecule has 3 aliphatic rings. The largest absolute Gasteiger partial charge is 0.446 e. The van der Waals surface area contributed by atoms with Gasteiger partial charge in [-0.2, -0.15) is 5.26 Å². The molecule has 1 aromatic carbocycles. The maximum atomic E-state index is 13.5. The van der Waals surface area contributed by atoms with Crippen LogP contribution in [0.2, 0.25) is 0 Å². The SMILES string of the molecule is Cc1cc(C#N)ccc1C1CCN(S(=O)(=O)CC2(C(=O)NO)CCN(C(=O)OC3CCOCC3)CC2)CC1. The van der Waals surface area contributed by atoms with E-state index in [2.05, 4.69) is 6.07 Å². The summed E-state index contributed by atoms with van der Waals surface area (Å²) in [6.07, 6.45) is 2.06. The van der Waals surface area contributed by atoms with Gasteiger partial charge in [-0.1, -0.05) is 6.07 Å². The maximum absolute atomic E-state index is 13.5. The lowest BCUT2D eigenvalue weighted by Gasteiger charge is -2.41. The van der Waals surface area contributed by atoms with Crippen LogP contribution in [-0.2, 0) is 24.3 Å². The van der Waals surface area contributed by atoms with Crippen molar-refractivity contribution in [3.63, 3.8) is 0 Å². The van der Waals surface area contributed by atoms with Gasteiger partial charge in [0.1, 0.15) is 6.10 Å². The monoisotopic (exact) mass is 548 g/mol. The Morgan fingerprint density at radius 3 is 2.39 bits per heavy atom. The van der Waals surface area contributed by atoms with Crippen LogP contribution in [-0.4, -0.2) is 86.1 Å². The molecule has 208 valence electrons. The van der Waals surface area contributed by atoms with Gasteiger partial charge in [0.15, 0.2) is 0 Å². The highest BCUT2D eigenvalue weighted by Crippen LogP contribution is 2.37. The minimum atomic E-state index is -3.81. The van der Waals surface area contributed by atoms with Gasteiger partial charge in [0.2, 0.25) is 10.0 Å². The van der Waals surface area contributed by atoms with Gasteiger partial charge in [-0.15, -0.1) is 0 Å². The number of aryl methyl sites for hydroxylation is 1. The van der Waals surface area contributed by atoms with Crippen LogP contribution in [0.3, 0.4) is 0 Å². The van der Waals surface area contributed by atoms with E-state index in [1.165, 1.54) is 9.21 Å². The summed E-state index contributed by atoms with van der Waals surface area (Å²) in [5.41, 5.74) is 3.06. The van der Waals surface area contributed by atoms with Gasteiger partial charge < -0.3 is 14.4 Å². The van der Waals surface area contributed by atoms with Gasteiger partial charge in [-0.3, -0.25) is 10.0 Å². The number of nitriles is 1. The number of sulfonamides is 1. The highest BCUT2D eigenvalue weighted by atomic mass is 32.2. The molecule has 0 radical (unpaired) electrons. The summed E-state index contributed by atoms with van der Waals surface area (Å²) in [6.45, 7) is 4.01. The molecule has 0 spiro atoms. The fourth-order valence-corrected chi connectivity index (χ4v) is 7.84. The Morgan fingerprint density at radius 2 is 1.82 bits per heavy atom. The van der Waals surface area contributed by atoms with E-state index in [1.807, 2.05) is 19.1 Å². The quantitative estimate of drug-likeness (QED) is 0.406. The van der Waals surface area contributed by atoms with Gasteiger partial charge in [-0.05, 0) is 61.8 Å². The van der Waals surface area contributed by atoms with Crippen molar-refractivity contribution in [3.05, 3.63) is 34.9 Å². The zero-order chi connectivity index (χ0) is 27.3. The van der Waals surface area contributed by atoms with Crippen molar-refractivity contribution in [1.29, 1.82) is 5.26 Å². The Labute approximate surface area is 223 Å². The Balaban J connectivity index is 1.37. The lowest BCUT2D eigenvalue weighted by Crippen LogP contribution is -2.55. The second-order valence-corrected chi connectivity index (χ2v) is 12.5. The summed E-state index contributed by atoms with van der Waals surface area (Å²) in [6, 6.07) is 7.72. The summed E-state index contributed by atoms with van der Waals surface area (Å²) in [5, 5.41) is 18.5. The van der Waals surface area contributed by atoms with Gasteiger partial charge in [0.05, 0.1) is 36.0 Å². The van der Waals surface area contributed by atoms with Crippen LogP contribution < -0.4 is 5.48 Å². The molecule has 3 saturated heterocycles. The number of hydrogen-bond acceptors (Lipinski definition) is 8. The average Bonchev–Trinajstić information content (AvgIpc) is 2.93. The number of amides is 2. The van der Waals surface area contributed by atoms with E-state index in [0.29, 0.717) is 57.6 Å². The molecular weight excluding hydrogens is 512 g/mol. The fourth-order valence-electron chi connectivity index (χ4n) is 5.77. The van der Waals surface area contributed by atoms with Crippen LogP contribution in [0.25, 0.3) is 0 Å². The lowest BCUT2D eigenvalue weighted by atomic mass is 9.79. The summed E-state index contributed by atoms with van der Waals surface area (Å²) < 4.78 is 39.2. The van der Waals surface area contributed by atoms with E-state index in [9.17, 15) is 23.2 Å². The molecule has 3 aliphatic heterocycles. The topological polar surface area (TPSA) is 149 Å². The Bertz CT molecular complexity index is 1160. The third-order valence-electron chi connectivity index (χ3n) is 8.14. The average molecular weight is 549 g/mol. The number of piperidine rings is 2. The van der Waals surface area contributed by atoms with Crippen molar-refractivity contribution in [2.75, 3.05) is 45.1 Å². The number of rotatable bonds is 6. The van der Waals surface area contributed by atoms with Crippen LogP contribution in [0.15, 0.2) is 18.2 Å². The first kappa shape index (κ1) is 28.3. The normalized spacial score (nSPS) is 21.4.